The largest absolute Gasteiger partial charge is 0.495 e. The molecule has 2 heterocycles. The minimum atomic E-state index is 0.0795. The Morgan fingerprint density at radius 1 is 1.17 bits per heavy atom. The average Bonchev–Trinajstić information content (AvgIpc) is 2.76. The second-order valence-corrected chi connectivity index (χ2v) is 7.58. The topological polar surface area (TPSA) is 62.8 Å². The third kappa shape index (κ3) is 4.65. The predicted molar refractivity (Wildman–Crippen MR) is 115 cm³/mol. The van der Waals surface area contributed by atoms with Crippen molar-refractivity contribution in [2.24, 2.45) is 0 Å². The van der Waals surface area contributed by atoms with Crippen LogP contribution in [0.25, 0.3) is 0 Å². The first kappa shape index (κ1) is 19.6. The van der Waals surface area contributed by atoms with E-state index in [-0.39, 0.29) is 5.91 Å². The molecule has 2 N–H and O–H groups in total. The molecule has 6 nitrogen and oxygen atoms in total. The van der Waals surface area contributed by atoms with Crippen molar-refractivity contribution in [1.29, 1.82) is 0 Å². The highest BCUT2D eigenvalue weighted by Crippen LogP contribution is 2.31. The summed E-state index contributed by atoms with van der Waals surface area (Å²) in [7, 11) is 1.73. The monoisotopic (exact) mass is 395 g/mol. The second kappa shape index (κ2) is 9.18. The summed E-state index contributed by atoms with van der Waals surface area (Å²) < 4.78 is 11.5. The first-order chi connectivity index (χ1) is 14.2. The molecule has 0 saturated carbocycles. The maximum Gasteiger partial charge on any atom is 0.224 e. The number of fused-ring (bicyclic) bond motifs is 1. The average molecular weight is 396 g/mol. The second-order valence-electron chi connectivity index (χ2n) is 7.58. The molecule has 1 amide bonds. The van der Waals surface area contributed by atoms with Gasteiger partial charge in [-0.05, 0) is 43.0 Å². The van der Waals surface area contributed by atoms with E-state index >= 15 is 0 Å². The zero-order valence-electron chi connectivity index (χ0n) is 16.9. The Bertz CT molecular complexity index is 855. The normalized spacial score (nSPS) is 18.7. The van der Waals surface area contributed by atoms with Crippen molar-refractivity contribution in [2.75, 3.05) is 43.6 Å². The van der Waals surface area contributed by atoms with Crippen molar-refractivity contribution in [3.8, 4) is 11.5 Å². The van der Waals surface area contributed by atoms with Gasteiger partial charge in [-0.3, -0.25) is 4.79 Å². The number of rotatable bonds is 7. The van der Waals surface area contributed by atoms with Crippen LogP contribution >= 0.6 is 0 Å². The van der Waals surface area contributed by atoms with E-state index < -0.39 is 0 Å². The van der Waals surface area contributed by atoms with Crippen LogP contribution in [-0.2, 0) is 11.2 Å². The van der Waals surface area contributed by atoms with Gasteiger partial charge in [0.05, 0.1) is 19.4 Å². The van der Waals surface area contributed by atoms with Gasteiger partial charge in [0, 0.05) is 43.9 Å². The summed E-state index contributed by atoms with van der Waals surface area (Å²) in [5.41, 5.74) is 3.23. The number of benzene rings is 2. The molecule has 1 atom stereocenters. The van der Waals surface area contributed by atoms with Crippen molar-refractivity contribution < 1.29 is 14.3 Å². The van der Waals surface area contributed by atoms with Gasteiger partial charge in [-0.15, -0.1) is 0 Å². The number of amides is 1. The molecule has 1 unspecified atom stereocenters. The van der Waals surface area contributed by atoms with Crippen LogP contribution in [0, 0.1) is 0 Å². The lowest BCUT2D eigenvalue weighted by molar-refractivity contribution is -0.116. The number of nitrogens with one attached hydrogen (secondary N) is 2. The number of hydrogen-bond donors (Lipinski definition) is 2. The fourth-order valence-electron chi connectivity index (χ4n) is 4.15. The van der Waals surface area contributed by atoms with Crippen molar-refractivity contribution in [3.05, 3.63) is 48.0 Å². The standard InChI is InChI=1S/C23H29N3O3/c1-28-22-7-3-2-6-21(22)26-13-12-24-16-18(26)5-4-14-29-19-10-8-17-9-11-23(27)25-20(17)15-19/h2-3,6-8,10,15,18,24H,4-5,9,11-14,16H2,1H3,(H,25,27). The molecule has 2 aromatic carbocycles. The molecule has 2 aliphatic rings. The highest BCUT2D eigenvalue weighted by atomic mass is 16.5. The third-order valence-corrected chi connectivity index (χ3v) is 5.67. The SMILES string of the molecule is COc1ccccc1N1CCNCC1CCCOc1ccc2c(c1)NC(=O)CC2. The molecule has 0 radical (unpaired) electrons. The fraction of sp³-hybridized carbons (Fsp3) is 0.435. The number of anilines is 2. The molecule has 0 aliphatic carbocycles. The fourth-order valence-corrected chi connectivity index (χ4v) is 4.15. The molecule has 0 bridgehead atoms. The Morgan fingerprint density at radius 2 is 2.07 bits per heavy atom. The Balaban J connectivity index is 1.32. The minimum absolute atomic E-state index is 0.0795. The number of aryl methyl sites for hydroxylation is 1. The molecule has 4 rings (SSSR count). The summed E-state index contributed by atoms with van der Waals surface area (Å²) in [4.78, 5) is 14.0. The van der Waals surface area contributed by atoms with Gasteiger partial charge in [0.25, 0.3) is 0 Å². The van der Waals surface area contributed by atoms with Gasteiger partial charge in [-0.2, -0.15) is 0 Å². The summed E-state index contributed by atoms with van der Waals surface area (Å²) in [6, 6.07) is 14.6. The Labute approximate surface area is 172 Å². The zero-order chi connectivity index (χ0) is 20.1. The molecule has 1 fully saturated rings. The van der Waals surface area contributed by atoms with E-state index in [1.165, 1.54) is 5.56 Å². The molecule has 0 aromatic heterocycles. The highest BCUT2D eigenvalue weighted by molar-refractivity contribution is 5.94. The van der Waals surface area contributed by atoms with Gasteiger partial charge < -0.3 is 25.0 Å². The van der Waals surface area contributed by atoms with Crippen LogP contribution in [0.2, 0.25) is 0 Å². The number of hydrogen-bond acceptors (Lipinski definition) is 5. The van der Waals surface area contributed by atoms with E-state index in [0.29, 0.717) is 19.1 Å². The minimum Gasteiger partial charge on any atom is -0.495 e. The van der Waals surface area contributed by atoms with Crippen LogP contribution in [0.15, 0.2) is 42.5 Å². The van der Waals surface area contributed by atoms with Crippen LogP contribution in [0.3, 0.4) is 0 Å². The van der Waals surface area contributed by atoms with Crippen LogP contribution < -0.4 is 25.0 Å². The summed E-state index contributed by atoms with van der Waals surface area (Å²) in [5, 5.41) is 6.44. The van der Waals surface area contributed by atoms with Crippen molar-refractivity contribution in [2.45, 2.75) is 31.7 Å². The molecular weight excluding hydrogens is 366 g/mol. The maximum atomic E-state index is 11.6. The van der Waals surface area contributed by atoms with E-state index in [1.807, 2.05) is 24.3 Å². The van der Waals surface area contributed by atoms with E-state index in [0.717, 1.165) is 61.8 Å². The van der Waals surface area contributed by atoms with Crippen LogP contribution in [0.5, 0.6) is 11.5 Å². The number of ether oxygens (including phenoxy) is 2. The molecule has 2 aliphatic heterocycles. The lowest BCUT2D eigenvalue weighted by atomic mass is 10.0. The molecule has 154 valence electrons. The summed E-state index contributed by atoms with van der Waals surface area (Å²) in [5.74, 6) is 1.82. The Hall–Kier alpha value is -2.73. The quantitative estimate of drug-likeness (QED) is 0.705. The molecule has 6 heteroatoms. The number of methoxy groups -OCH3 is 1. The zero-order valence-corrected chi connectivity index (χ0v) is 16.9. The molecule has 2 aromatic rings. The lowest BCUT2D eigenvalue weighted by Crippen LogP contribution is -2.51. The predicted octanol–water partition coefficient (Wildman–Crippen LogP) is 3.22. The summed E-state index contributed by atoms with van der Waals surface area (Å²) in [6.07, 6.45) is 3.36. The number of carbonyl (C=O) groups is 1. The number of piperazine rings is 1. The number of nitrogens with zero attached hydrogens (tertiary/aromatic N) is 1. The van der Waals surface area contributed by atoms with Crippen LogP contribution in [0.1, 0.15) is 24.8 Å². The maximum absolute atomic E-state index is 11.6. The highest BCUT2D eigenvalue weighted by Gasteiger charge is 2.24. The molecule has 29 heavy (non-hydrogen) atoms. The van der Waals surface area contributed by atoms with Gasteiger partial charge >= 0.3 is 0 Å². The van der Waals surface area contributed by atoms with E-state index in [9.17, 15) is 4.79 Å². The van der Waals surface area contributed by atoms with Crippen LogP contribution in [0.4, 0.5) is 11.4 Å². The first-order valence-corrected chi connectivity index (χ1v) is 10.4. The summed E-state index contributed by atoms with van der Waals surface area (Å²) in [6.45, 7) is 3.56. The Kier molecular flexibility index (Phi) is 6.20. The lowest BCUT2D eigenvalue weighted by Gasteiger charge is -2.38. The molecular formula is C23H29N3O3. The third-order valence-electron chi connectivity index (χ3n) is 5.67. The van der Waals surface area contributed by atoms with E-state index in [1.54, 1.807) is 7.11 Å². The van der Waals surface area contributed by atoms with Crippen LogP contribution in [-0.4, -0.2) is 45.3 Å². The van der Waals surface area contributed by atoms with E-state index in [4.69, 9.17) is 9.47 Å². The molecule has 1 saturated heterocycles. The number of carbonyl (C=O) groups excluding carboxylic acids is 1. The van der Waals surface area contributed by atoms with Crippen molar-refractivity contribution >= 4 is 17.3 Å². The van der Waals surface area contributed by atoms with Crippen molar-refractivity contribution in [3.63, 3.8) is 0 Å². The smallest absolute Gasteiger partial charge is 0.224 e. The molecule has 0 spiro atoms. The number of para-hydroxylation sites is 2. The first-order valence-electron chi connectivity index (χ1n) is 10.4. The van der Waals surface area contributed by atoms with Gasteiger partial charge in [-0.25, -0.2) is 0 Å². The van der Waals surface area contributed by atoms with Gasteiger partial charge in [0.1, 0.15) is 11.5 Å². The van der Waals surface area contributed by atoms with Gasteiger partial charge in [-0.1, -0.05) is 18.2 Å². The van der Waals surface area contributed by atoms with Gasteiger partial charge in [0.2, 0.25) is 5.91 Å². The Morgan fingerprint density at radius 3 is 2.97 bits per heavy atom. The van der Waals surface area contributed by atoms with Gasteiger partial charge in [0.15, 0.2) is 0 Å². The van der Waals surface area contributed by atoms with Crippen molar-refractivity contribution in [1.82, 2.24) is 5.32 Å². The summed E-state index contributed by atoms with van der Waals surface area (Å²) >= 11 is 0. The van der Waals surface area contributed by atoms with E-state index in [2.05, 4.69) is 33.7 Å².